The molecule has 1 N–H and O–H groups in total. The van der Waals surface area contributed by atoms with Crippen molar-refractivity contribution in [1.82, 2.24) is 10.2 Å². The van der Waals surface area contributed by atoms with Crippen molar-refractivity contribution in [2.75, 3.05) is 37.4 Å². The molecule has 0 bridgehead atoms. The van der Waals surface area contributed by atoms with Crippen LogP contribution >= 0.6 is 0 Å². The molecule has 0 aliphatic carbocycles. The van der Waals surface area contributed by atoms with Crippen molar-refractivity contribution >= 4 is 27.5 Å². The zero-order chi connectivity index (χ0) is 24.0. The van der Waals surface area contributed by atoms with Crippen LogP contribution in [0.1, 0.15) is 18.9 Å². The number of hydrogen-bond donors (Lipinski definition) is 1. The van der Waals surface area contributed by atoms with Crippen LogP contribution in [0.4, 0.5) is 5.69 Å². The molecule has 1 heterocycles. The summed E-state index contributed by atoms with van der Waals surface area (Å²) < 4.78 is 37.4. The molecular formula is C23H29N3O6S. The van der Waals surface area contributed by atoms with E-state index in [1.807, 2.05) is 30.3 Å². The molecule has 1 aliphatic heterocycles. The number of anilines is 1. The van der Waals surface area contributed by atoms with Crippen molar-refractivity contribution in [3.63, 3.8) is 0 Å². The fourth-order valence-corrected chi connectivity index (χ4v) is 4.51. The first-order valence-electron chi connectivity index (χ1n) is 10.7. The predicted molar refractivity (Wildman–Crippen MR) is 125 cm³/mol. The van der Waals surface area contributed by atoms with Crippen LogP contribution in [0, 0.1) is 0 Å². The first kappa shape index (κ1) is 24.4. The van der Waals surface area contributed by atoms with Gasteiger partial charge in [0.2, 0.25) is 21.8 Å². The third-order valence-corrected chi connectivity index (χ3v) is 6.46. The molecule has 1 aliphatic rings. The van der Waals surface area contributed by atoms with Gasteiger partial charge in [-0.15, -0.1) is 0 Å². The number of fused-ring (bicyclic) bond motifs is 1. The van der Waals surface area contributed by atoms with E-state index in [4.69, 9.17) is 9.47 Å². The Balaban J connectivity index is 1.93. The van der Waals surface area contributed by atoms with Gasteiger partial charge >= 0.3 is 0 Å². The largest absolute Gasteiger partial charge is 0.486 e. The van der Waals surface area contributed by atoms with E-state index in [-0.39, 0.29) is 18.1 Å². The minimum absolute atomic E-state index is 0.171. The first-order chi connectivity index (χ1) is 15.7. The molecule has 10 heteroatoms. The highest BCUT2D eigenvalue weighted by molar-refractivity contribution is 7.92. The van der Waals surface area contributed by atoms with Crippen LogP contribution in [0.2, 0.25) is 0 Å². The van der Waals surface area contributed by atoms with Crippen LogP contribution in [0.5, 0.6) is 11.5 Å². The molecule has 3 rings (SSSR count). The Morgan fingerprint density at radius 1 is 1.06 bits per heavy atom. The molecule has 0 saturated heterocycles. The number of carbonyl (C=O) groups excluding carboxylic acids is 2. The van der Waals surface area contributed by atoms with E-state index in [2.05, 4.69) is 5.32 Å². The molecule has 2 amide bonds. The summed E-state index contributed by atoms with van der Waals surface area (Å²) >= 11 is 0. The zero-order valence-corrected chi connectivity index (χ0v) is 19.8. The van der Waals surface area contributed by atoms with Crippen molar-refractivity contribution in [2.24, 2.45) is 0 Å². The molecule has 1 atom stereocenters. The Morgan fingerprint density at radius 3 is 2.33 bits per heavy atom. The molecule has 2 aromatic rings. The van der Waals surface area contributed by atoms with Crippen molar-refractivity contribution in [3.8, 4) is 11.5 Å². The third kappa shape index (κ3) is 5.95. The molecule has 0 saturated carbocycles. The molecule has 0 aromatic heterocycles. The van der Waals surface area contributed by atoms with E-state index in [1.54, 1.807) is 25.1 Å². The lowest BCUT2D eigenvalue weighted by atomic mass is 10.1. The van der Waals surface area contributed by atoms with Gasteiger partial charge in [-0.2, -0.15) is 0 Å². The smallest absolute Gasteiger partial charge is 0.244 e. The van der Waals surface area contributed by atoms with E-state index < -0.39 is 28.5 Å². The van der Waals surface area contributed by atoms with Crippen molar-refractivity contribution < 1.29 is 27.5 Å². The molecular weight excluding hydrogens is 446 g/mol. The fraction of sp³-hybridized carbons (Fsp3) is 0.391. The number of hydrogen-bond acceptors (Lipinski definition) is 6. The Hall–Kier alpha value is -3.27. The van der Waals surface area contributed by atoms with Crippen LogP contribution in [-0.2, 0) is 26.2 Å². The lowest BCUT2D eigenvalue weighted by molar-refractivity contribution is -0.140. The second-order valence-electron chi connectivity index (χ2n) is 7.64. The van der Waals surface area contributed by atoms with Crippen LogP contribution in [0.25, 0.3) is 0 Å². The summed E-state index contributed by atoms with van der Waals surface area (Å²) in [5, 5.41) is 2.59. The molecule has 0 spiro atoms. The standard InChI is InChI=1S/C23H29N3O6S/c1-4-19(23(28)24-2)25(15-17-8-6-5-7-9-17)22(27)16-26(33(3,29)30)18-10-11-20-21(14-18)32-13-12-31-20/h5-11,14,19H,4,12-13,15-16H2,1-3H3,(H,24,28). The summed E-state index contributed by atoms with van der Waals surface area (Å²) in [6.45, 7) is 2.28. The molecule has 33 heavy (non-hydrogen) atoms. The van der Waals surface area contributed by atoms with Gasteiger partial charge in [-0.3, -0.25) is 13.9 Å². The van der Waals surface area contributed by atoms with E-state index in [9.17, 15) is 18.0 Å². The molecule has 178 valence electrons. The van der Waals surface area contributed by atoms with Crippen LogP contribution in [0.15, 0.2) is 48.5 Å². The number of amides is 2. The van der Waals surface area contributed by atoms with Gasteiger partial charge in [0.05, 0.1) is 11.9 Å². The fourth-order valence-electron chi connectivity index (χ4n) is 3.67. The van der Waals surface area contributed by atoms with Crippen LogP contribution in [-0.4, -0.2) is 64.2 Å². The Labute approximate surface area is 194 Å². The van der Waals surface area contributed by atoms with Gasteiger partial charge in [0.15, 0.2) is 11.5 Å². The third-order valence-electron chi connectivity index (χ3n) is 5.32. The monoisotopic (exact) mass is 475 g/mol. The predicted octanol–water partition coefficient (Wildman–Crippen LogP) is 1.78. The van der Waals surface area contributed by atoms with Crippen molar-refractivity contribution in [2.45, 2.75) is 25.9 Å². The lowest BCUT2D eigenvalue weighted by Gasteiger charge is -2.32. The zero-order valence-electron chi connectivity index (χ0n) is 19.0. The Kier molecular flexibility index (Phi) is 7.80. The van der Waals surface area contributed by atoms with E-state index in [1.165, 1.54) is 11.9 Å². The molecule has 0 fully saturated rings. The maximum atomic E-state index is 13.5. The molecule has 0 radical (unpaired) electrons. The van der Waals surface area contributed by atoms with Gasteiger partial charge < -0.3 is 19.7 Å². The highest BCUT2D eigenvalue weighted by Crippen LogP contribution is 2.34. The highest BCUT2D eigenvalue weighted by atomic mass is 32.2. The summed E-state index contributed by atoms with van der Waals surface area (Å²) in [6, 6.07) is 13.2. The number of nitrogens with zero attached hydrogens (tertiary/aromatic N) is 2. The summed E-state index contributed by atoms with van der Waals surface area (Å²) in [7, 11) is -2.31. The molecule has 2 aromatic carbocycles. The average Bonchev–Trinajstić information content (AvgIpc) is 2.81. The summed E-state index contributed by atoms with van der Waals surface area (Å²) in [4.78, 5) is 27.4. The minimum Gasteiger partial charge on any atom is -0.486 e. The topological polar surface area (TPSA) is 105 Å². The highest BCUT2D eigenvalue weighted by Gasteiger charge is 2.31. The van der Waals surface area contributed by atoms with Gasteiger partial charge in [-0.1, -0.05) is 37.3 Å². The number of benzene rings is 2. The number of carbonyl (C=O) groups is 2. The lowest BCUT2D eigenvalue weighted by Crippen LogP contribution is -2.51. The minimum atomic E-state index is -3.82. The van der Waals surface area contributed by atoms with E-state index in [0.29, 0.717) is 31.1 Å². The van der Waals surface area contributed by atoms with Gasteiger partial charge in [-0.25, -0.2) is 8.42 Å². The van der Waals surface area contributed by atoms with Crippen LogP contribution < -0.4 is 19.1 Å². The quantitative estimate of drug-likeness (QED) is 0.593. The van der Waals surface area contributed by atoms with Gasteiger partial charge in [0, 0.05) is 19.7 Å². The van der Waals surface area contributed by atoms with Crippen LogP contribution in [0.3, 0.4) is 0 Å². The first-order valence-corrected chi connectivity index (χ1v) is 12.5. The van der Waals surface area contributed by atoms with Gasteiger partial charge in [0.1, 0.15) is 25.8 Å². The summed E-state index contributed by atoms with van der Waals surface area (Å²) in [5.41, 5.74) is 1.11. The van der Waals surface area contributed by atoms with Crippen molar-refractivity contribution in [3.05, 3.63) is 54.1 Å². The summed E-state index contributed by atoms with van der Waals surface area (Å²) in [5.74, 6) is 0.126. The number of rotatable bonds is 9. The Morgan fingerprint density at radius 2 is 1.73 bits per heavy atom. The number of sulfonamides is 1. The summed E-state index contributed by atoms with van der Waals surface area (Å²) in [6.07, 6.45) is 1.41. The van der Waals surface area contributed by atoms with E-state index in [0.717, 1.165) is 16.1 Å². The molecule has 1 unspecified atom stereocenters. The second-order valence-corrected chi connectivity index (χ2v) is 9.55. The second kappa shape index (κ2) is 10.6. The number of nitrogens with one attached hydrogen (secondary N) is 1. The average molecular weight is 476 g/mol. The number of likely N-dealkylation sites (N-methyl/N-ethyl adjacent to an activating group) is 1. The van der Waals surface area contributed by atoms with Gasteiger partial charge in [0.25, 0.3) is 0 Å². The van der Waals surface area contributed by atoms with E-state index >= 15 is 0 Å². The van der Waals surface area contributed by atoms with Gasteiger partial charge in [-0.05, 0) is 24.1 Å². The normalized spacial score (nSPS) is 13.7. The maximum absolute atomic E-state index is 13.5. The van der Waals surface area contributed by atoms with Crippen molar-refractivity contribution in [1.29, 1.82) is 0 Å². The SMILES string of the molecule is CCC(C(=O)NC)N(Cc1ccccc1)C(=O)CN(c1ccc2c(c1)OCCO2)S(C)(=O)=O. The maximum Gasteiger partial charge on any atom is 0.244 e. The molecule has 9 nitrogen and oxygen atoms in total. The number of ether oxygens (including phenoxy) is 2. The Bertz CT molecular complexity index is 1090.